The van der Waals surface area contributed by atoms with Crippen molar-refractivity contribution in [3.8, 4) is 0 Å². The van der Waals surface area contributed by atoms with E-state index in [0.717, 1.165) is 0 Å². The molecule has 0 bridgehead atoms. The average Bonchev–Trinajstić information content (AvgIpc) is 2.34. The van der Waals surface area contributed by atoms with Crippen molar-refractivity contribution in [1.29, 1.82) is 0 Å². The zero-order chi connectivity index (χ0) is 12.7. The molecule has 0 atom stereocenters. The molecule has 1 aliphatic heterocycles. The Labute approximate surface area is 100 Å². The number of carbonyl (C=O) groups excluding carboxylic acids is 2. The predicted octanol–water partition coefficient (Wildman–Crippen LogP) is -0.0866. The molecule has 1 rings (SSSR count). The molecule has 0 unspecified atom stereocenters. The molecule has 0 spiro atoms. The topological polar surface area (TPSA) is 71.0 Å². The van der Waals surface area contributed by atoms with E-state index in [1.807, 2.05) is 0 Å². The highest BCUT2D eigenvalue weighted by Gasteiger charge is 2.22. The van der Waals surface area contributed by atoms with E-state index in [4.69, 9.17) is 4.74 Å². The molecule has 0 aromatic heterocycles. The Morgan fingerprint density at radius 3 is 2.94 bits per heavy atom. The lowest BCUT2D eigenvalue weighted by atomic mass is 10.1. The Morgan fingerprint density at radius 2 is 2.41 bits per heavy atom. The van der Waals surface area contributed by atoms with Crippen molar-refractivity contribution in [3.05, 3.63) is 12.7 Å². The van der Waals surface area contributed by atoms with Crippen LogP contribution in [-0.4, -0.2) is 49.2 Å². The van der Waals surface area contributed by atoms with Crippen molar-refractivity contribution >= 4 is 17.5 Å². The van der Waals surface area contributed by atoms with Gasteiger partial charge in [0.1, 0.15) is 5.71 Å². The van der Waals surface area contributed by atoms with Crippen LogP contribution in [0.3, 0.4) is 0 Å². The van der Waals surface area contributed by atoms with Gasteiger partial charge in [-0.2, -0.15) is 5.10 Å². The summed E-state index contributed by atoms with van der Waals surface area (Å²) in [6, 6.07) is 0. The largest absolute Gasteiger partial charge is 0.383 e. The minimum atomic E-state index is -0.179. The second kappa shape index (κ2) is 6.80. The number of methoxy groups -OCH3 is 1. The minimum Gasteiger partial charge on any atom is -0.383 e. The van der Waals surface area contributed by atoms with Crippen LogP contribution >= 0.6 is 0 Å². The third-order valence-corrected chi connectivity index (χ3v) is 2.35. The quantitative estimate of drug-likeness (QED) is 0.659. The maximum absolute atomic E-state index is 12.0. The summed E-state index contributed by atoms with van der Waals surface area (Å²) < 4.78 is 4.94. The van der Waals surface area contributed by atoms with Gasteiger partial charge in [-0.15, -0.1) is 6.58 Å². The van der Waals surface area contributed by atoms with E-state index in [1.165, 1.54) is 0 Å². The number of hydrogen-bond acceptors (Lipinski definition) is 4. The van der Waals surface area contributed by atoms with Crippen LogP contribution in [0.1, 0.15) is 12.8 Å². The summed E-state index contributed by atoms with van der Waals surface area (Å²) in [6.07, 6.45) is 2.33. The molecule has 94 valence electrons. The van der Waals surface area contributed by atoms with Crippen molar-refractivity contribution in [2.24, 2.45) is 5.10 Å². The van der Waals surface area contributed by atoms with Gasteiger partial charge in [-0.25, -0.2) is 5.43 Å². The molecule has 2 amide bonds. The van der Waals surface area contributed by atoms with Crippen LogP contribution in [0.15, 0.2) is 17.8 Å². The van der Waals surface area contributed by atoms with E-state index < -0.39 is 0 Å². The van der Waals surface area contributed by atoms with E-state index in [2.05, 4.69) is 17.1 Å². The summed E-state index contributed by atoms with van der Waals surface area (Å²) in [7, 11) is 1.58. The fourth-order valence-electron chi connectivity index (χ4n) is 1.44. The van der Waals surface area contributed by atoms with E-state index >= 15 is 0 Å². The minimum absolute atomic E-state index is 0.159. The standard InChI is InChI=1S/C11H17N3O3/c1-3-6-14(7-8-17-2)11(16)9-4-5-10(15)13-12-9/h3H,1,4-8H2,2H3,(H,13,15). The number of nitrogens with zero attached hydrogens (tertiary/aromatic N) is 2. The molecule has 0 fully saturated rings. The first-order chi connectivity index (χ1) is 8.19. The molecule has 0 aliphatic carbocycles. The summed E-state index contributed by atoms with van der Waals surface area (Å²) in [4.78, 5) is 24.6. The van der Waals surface area contributed by atoms with Gasteiger partial charge in [-0.1, -0.05) is 6.08 Å². The van der Waals surface area contributed by atoms with Crippen molar-refractivity contribution in [3.63, 3.8) is 0 Å². The highest BCUT2D eigenvalue weighted by molar-refractivity contribution is 6.39. The van der Waals surface area contributed by atoms with E-state index in [-0.39, 0.29) is 11.8 Å². The Kier molecular flexibility index (Phi) is 5.35. The average molecular weight is 239 g/mol. The third-order valence-electron chi connectivity index (χ3n) is 2.35. The van der Waals surface area contributed by atoms with Gasteiger partial charge >= 0.3 is 0 Å². The van der Waals surface area contributed by atoms with Crippen molar-refractivity contribution in [2.75, 3.05) is 26.8 Å². The van der Waals surface area contributed by atoms with Gasteiger partial charge in [0.05, 0.1) is 6.61 Å². The molecule has 0 aromatic carbocycles. The summed E-state index contributed by atoms with van der Waals surface area (Å²) in [6.45, 7) is 4.98. The maximum Gasteiger partial charge on any atom is 0.270 e. The summed E-state index contributed by atoms with van der Waals surface area (Å²) in [5.74, 6) is -0.337. The van der Waals surface area contributed by atoms with Crippen LogP contribution in [-0.2, 0) is 14.3 Å². The van der Waals surface area contributed by atoms with Gasteiger partial charge in [0.2, 0.25) is 5.91 Å². The summed E-state index contributed by atoms with van der Waals surface area (Å²) >= 11 is 0. The highest BCUT2D eigenvalue weighted by Crippen LogP contribution is 2.04. The summed E-state index contributed by atoms with van der Waals surface area (Å²) in [5, 5.41) is 3.77. The van der Waals surface area contributed by atoms with E-state index in [9.17, 15) is 9.59 Å². The molecule has 0 saturated heterocycles. The number of hydrogen-bond donors (Lipinski definition) is 1. The SMILES string of the molecule is C=CCN(CCOC)C(=O)C1=NNC(=O)CC1. The number of amides is 2. The molecule has 6 nitrogen and oxygen atoms in total. The van der Waals surface area contributed by atoms with Crippen molar-refractivity contribution < 1.29 is 14.3 Å². The zero-order valence-electron chi connectivity index (χ0n) is 9.94. The Balaban J connectivity index is 2.63. The van der Waals surface area contributed by atoms with Crippen LogP contribution in [0.2, 0.25) is 0 Å². The molecule has 1 N–H and O–H groups in total. The van der Waals surface area contributed by atoms with Gasteiger partial charge in [0.15, 0.2) is 0 Å². The van der Waals surface area contributed by atoms with Gasteiger partial charge in [-0.05, 0) is 0 Å². The predicted molar refractivity (Wildman–Crippen MR) is 63.5 cm³/mol. The fourth-order valence-corrected chi connectivity index (χ4v) is 1.44. The number of ether oxygens (including phenoxy) is 1. The summed E-state index contributed by atoms with van der Waals surface area (Å²) in [5.41, 5.74) is 2.69. The second-order valence-corrected chi connectivity index (χ2v) is 3.63. The monoisotopic (exact) mass is 239 g/mol. The second-order valence-electron chi connectivity index (χ2n) is 3.63. The smallest absolute Gasteiger partial charge is 0.270 e. The van der Waals surface area contributed by atoms with E-state index in [1.54, 1.807) is 18.1 Å². The number of rotatable bonds is 6. The first-order valence-electron chi connectivity index (χ1n) is 5.43. The molecular formula is C11H17N3O3. The van der Waals surface area contributed by atoms with Crippen LogP contribution in [0, 0.1) is 0 Å². The molecule has 1 aliphatic rings. The highest BCUT2D eigenvalue weighted by atomic mass is 16.5. The molecule has 0 aromatic rings. The Bertz CT molecular complexity index is 339. The van der Waals surface area contributed by atoms with Crippen LogP contribution < -0.4 is 5.43 Å². The van der Waals surface area contributed by atoms with Crippen LogP contribution in [0.5, 0.6) is 0 Å². The Hall–Kier alpha value is -1.69. The van der Waals surface area contributed by atoms with Gasteiger partial charge < -0.3 is 9.64 Å². The van der Waals surface area contributed by atoms with Crippen LogP contribution in [0.4, 0.5) is 0 Å². The third kappa shape index (κ3) is 3.99. The van der Waals surface area contributed by atoms with Crippen molar-refractivity contribution in [1.82, 2.24) is 10.3 Å². The van der Waals surface area contributed by atoms with Gasteiger partial charge in [-0.3, -0.25) is 9.59 Å². The lowest BCUT2D eigenvalue weighted by Gasteiger charge is -2.22. The molecule has 17 heavy (non-hydrogen) atoms. The lowest BCUT2D eigenvalue weighted by molar-refractivity contribution is -0.124. The van der Waals surface area contributed by atoms with Crippen LogP contribution in [0.25, 0.3) is 0 Å². The number of nitrogens with one attached hydrogen (secondary N) is 1. The van der Waals surface area contributed by atoms with Gasteiger partial charge in [0.25, 0.3) is 5.91 Å². The first-order valence-corrected chi connectivity index (χ1v) is 5.43. The molecule has 0 radical (unpaired) electrons. The molecule has 1 heterocycles. The number of carbonyl (C=O) groups is 2. The van der Waals surface area contributed by atoms with E-state index in [0.29, 0.717) is 38.2 Å². The lowest BCUT2D eigenvalue weighted by Crippen LogP contribution is -2.41. The fraction of sp³-hybridized carbons (Fsp3) is 0.545. The number of hydrazone groups is 1. The zero-order valence-corrected chi connectivity index (χ0v) is 9.94. The maximum atomic E-state index is 12.0. The van der Waals surface area contributed by atoms with Gasteiger partial charge in [0, 0.05) is 33.0 Å². The first kappa shape index (κ1) is 13.4. The Morgan fingerprint density at radius 1 is 1.65 bits per heavy atom. The molecular weight excluding hydrogens is 222 g/mol. The molecule has 0 saturated carbocycles. The van der Waals surface area contributed by atoms with Crippen molar-refractivity contribution in [2.45, 2.75) is 12.8 Å². The normalized spacial score (nSPS) is 14.9. The molecule has 6 heteroatoms.